The van der Waals surface area contributed by atoms with Crippen LogP contribution < -0.4 is 0 Å². The molecule has 1 fully saturated rings. The zero-order chi connectivity index (χ0) is 19.7. The van der Waals surface area contributed by atoms with Gasteiger partial charge in [-0.25, -0.2) is 0 Å². The molecule has 160 valence electrons. The zero-order valence-electron chi connectivity index (χ0n) is 18.4. The first-order valence-corrected chi connectivity index (χ1v) is 12.1. The number of ether oxygens (including phenoxy) is 2. The highest BCUT2D eigenvalue weighted by molar-refractivity contribution is 5.13. The fourth-order valence-electron chi connectivity index (χ4n) is 4.32. The molecule has 0 unspecified atom stereocenters. The van der Waals surface area contributed by atoms with Crippen molar-refractivity contribution in [3.63, 3.8) is 0 Å². The summed E-state index contributed by atoms with van der Waals surface area (Å²) >= 11 is 0. The molecule has 0 spiro atoms. The van der Waals surface area contributed by atoms with Gasteiger partial charge in [0.05, 0.1) is 19.3 Å². The van der Waals surface area contributed by atoms with E-state index in [-0.39, 0.29) is 0 Å². The average molecular weight is 389 g/mol. The van der Waals surface area contributed by atoms with Crippen molar-refractivity contribution in [2.24, 2.45) is 5.92 Å². The summed E-state index contributed by atoms with van der Waals surface area (Å²) in [5.74, 6) is 0.594. The van der Waals surface area contributed by atoms with E-state index in [1.165, 1.54) is 95.5 Å². The van der Waals surface area contributed by atoms with E-state index in [1.54, 1.807) is 0 Å². The molecule has 2 atom stereocenters. The first-order chi connectivity index (χ1) is 13.9. The molecule has 1 saturated carbocycles. The van der Waals surface area contributed by atoms with E-state index < -0.39 is 0 Å². The van der Waals surface area contributed by atoms with Crippen molar-refractivity contribution in [1.82, 2.24) is 0 Å². The summed E-state index contributed by atoms with van der Waals surface area (Å²) in [6, 6.07) is 10.5. The molecule has 0 heterocycles. The lowest BCUT2D eigenvalue weighted by molar-refractivity contribution is -0.0119. The van der Waals surface area contributed by atoms with Crippen molar-refractivity contribution in [3.8, 4) is 0 Å². The minimum atomic E-state index is 0.430. The maximum atomic E-state index is 6.22. The highest BCUT2D eigenvalue weighted by Crippen LogP contribution is 2.29. The van der Waals surface area contributed by atoms with Crippen LogP contribution in [0.3, 0.4) is 0 Å². The first-order valence-electron chi connectivity index (χ1n) is 12.1. The molecule has 1 aliphatic rings. The van der Waals surface area contributed by atoms with Crippen LogP contribution in [-0.2, 0) is 16.1 Å². The van der Waals surface area contributed by atoms with Crippen LogP contribution in [0.15, 0.2) is 30.3 Å². The predicted molar refractivity (Wildman–Crippen MR) is 120 cm³/mol. The Morgan fingerprint density at radius 3 is 2.11 bits per heavy atom. The molecule has 1 aromatic rings. The van der Waals surface area contributed by atoms with Gasteiger partial charge in [0.15, 0.2) is 0 Å². The van der Waals surface area contributed by atoms with Crippen molar-refractivity contribution >= 4 is 0 Å². The number of unbranched alkanes of at least 4 members (excludes halogenated alkanes) is 10. The van der Waals surface area contributed by atoms with Gasteiger partial charge in [-0.3, -0.25) is 0 Å². The van der Waals surface area contributed by atoms with Gasteiger partial charge in [0, 0.05) is 12.5 Å². The molecule has 2 heteroatoms. The average Bonchev–Trinajstić information content (AvgIpc) is 3.17. The van der Waals surface area contributed by atoms with Gasteiger partial charge in [0.25, 0.3) is 0 Å². The normalized spacial score (nSPS) is 19.3. The third-order valence-electron chi connectivity index (χ3n) is 6.11. The predicted octanol–water partition coefficient (Wildman–Crippen LogP) is 7.70. The van der Waals surface area contributed by atoms with Crippen molar-refractivity contribution in [2.75, 3.05) is 13.2 Å². The smallest absolute Gasteiger partial charge is 0.0717 e. The van der Waals surface area contributed by atoms with E-state index in [0.717, 1.165) is 19.8 Å². The maximum Gasteiger partial charge on any atom is 0.0717 e. The second-order valence-corrected chi connectivity index (χ2v) is 8.64. The van der Waals surface area contributed by atoms with Crippen LogP contribution in [0.4, 0.5) is 0 Å². The molecule has 0 saturated heterocycles. The number of hydrogen-bond acceptors (Lipinski definition) is 2. The molecule has 1 aliphatic carbocycles. The third kappa shape index (κ3) is 10.6. The summed E-state index contributed by atoms with van der Waals surface area (Å²) in [6.07, 6.45) is 19.5. The Bertz CT molecular complexity index is 459. The van der Waals surface area contributed by atoms with Gasteiger partial charge in [-0.1, -0.05) is 108 Å². The Labute approximate surface area is 174 Å². The molecule has 28 heavy (non-hydrogen) atoms. The molecule has 0 aromatic heterocycles. The Morgan fingerprint density at radius 1 is 0.786 bits per heavy atom. The van der Waals surface area contributed by atoms with Crippen molar-refractivity contribution in [2.45, 2.75) is 110 Å². The molecular formula is C26H44O2. The van der Waals surface area contributed by atoms with Crippen molar-refractivity contribution in [1.29, 1.82) is 0 Å². The highest BCUT2D eigenvalue weighted by atomic mass is 16.5. The fourth-order valence-corrected chi connectivity index (χ4v) is 4.32. The molecule has 0 aliphatic heterocycles. The standard InChI is InChI=1S/C26H44O2/c1-2-3-4-5-6-7-8-9-10-11-15-21-28-26-20-16-19-25(26)23-27-22-24-17-13-12-14-18-24/h12-14,17-18,25-26H,2-11,15-16,19-23H2,1H3/t25-,26-/m0/s1. The van der Waals surface area contributed by atoms with E-state index in [0.29, 0.717) is 12.0 Å². The number of rotatable bonds is 17. The van der Waals surface area contributed by atoms with Gasteiger partial charge in [0.2, 0.25) is 0 Å². The van der Waals surface area contributed by atoms with E-state index in [2.05, 4.69) is 37.3 Å². The quantitative estimate of drug-likeness (QED) is 0.254. The number of hydrogen-bond donors (Lipinski definition) is 0. The van der Waals surface area contributed by atoms with Gasteiger partial charge < -0.3 is 9.47 Å². The topological polar surface area (TPSA) is 18.5 Å². The summed E-state index contributed by atoms with van der Waals surface area (Å²) in [5.41, 5.74) is 1.26. The Morgan fingerprint density at radius 2 is 1.43 bits per heavy atom. The van der Waals surface area contributed by atoms with Crippen LogP contribution in [0.1, 0.15) is 102 Å². The summed E-state index contributed by atoms with van der Waals surface area (Å²) in [4.78, 5) is 0. The second kappa shape index (κ2) is 16.0. The van der Waals surface area contributed by atoms with Crippen LogP contribution in [-0.4, -0.2) is 19.3 Å². The Hall–Kier alpha value is -0.860. The van der Waals surface area contributed by atoms with Gasteiger partial charge in [-0.2, -0.15) is 0 Å². The van der Waals surface area contributed by atoms with Gasteiger partial charge in [-0.15, -0.1) is 0 Å². The lowest BCUT2D eigenvalue weighted by Gasteiger charge is -2.20. The van der Waals surface area contributed by atoms with Crippen molar-refractivity contribution in [3.05, 3.63) is 35.9 Å². The SMILES string of the molecule is CCCCCCCCCCCCCO[C@H]1CCC[C@H]1COCc1ccccc1. The van der Waals surface area contributed by atoms with Crippen LogP contribution >= 0.6 is 0 Å². The van der Waals surface area contributed by atoms with Crippen LogP contribution in [0.25, 0.3) is 0 Å². The molecule has 2 rings (SSSR count). The summed E-state index contributed by atoms with van der Waals surface area (Å²) in [5, 5.41) is 0. The zero-order valence-corrected chi connectivity index (χ0v) is 18.4. The van der Waals surface area contributed by atoms with E-state index in [1.807, 2.05) is 0 Å². The Kier molecular flexibility index (Phi) is 13.4. The third-order valence-corrected chi connectivity index (χ3v) is 6.11. The van der Waals surface area contributed by atoms with Gasteiger partial charge in [-0.05, 0) is 24.8 Å². The minimum Gasteiger partial charge on any atom is -0.378 e. The highest BCUT2D eigenvalue weighted by Gasteiger charge is 2.27. The molecular weight excluding hydrogens is 344 g/mol. The monoisotopic (exact) mass is 388 g/mol. The summed E-state index contributed by atoms with van der Waals surface area (Å²) in [7, 11) is 0. The molecule has 0 amide bonds. The van der Waals surface area contributed by atoms with E-state index in [9.17, 15) is 0 Å². The largest absolute Gasteiger partial charge is 0.378 e. The molecule has 2 nitrogen and oxygen atoms in total. The minimum absolute atomic E-state index is 0.430. The van der Waals surface area contributed by atoms with E-state index in [4.69, 9.17) is 9.47 Å². The van der Waals surface area contributed by atoms with Crippen LogP contribution in [0, 0.1) is 5.92 Å². The lowest BCUT2D eigenvalue weighted by Crippen LogP contribution is -2.23. The number of benzene rings is 1. The summed E-state index contributed by atoms with van der Waals surface area (Å²) < 4.78 is 12.2. The molecule has 0 radical (unpaired) electrons. The first kappa shape index (κ1) is 23.4. The molecule has 0 bridgehead atoms. The molecule has 0 N–H and O–H groups in total. The van der Waals surface area contributed by atoms with Gasteiger partial charge >= 0.3 is 0 Å². The van der Waals surface area contributed by atoms with Crippen LogP contribution in [0.5, 0.6) is 0 Å². The lowest BCUT2D eigenvalue weighted by atomic mass is 10.1. The fraction of sp³-hybridized carbons (Fsp3) is 0.769. The van der Waals surface area contributed by atoms with Crippen molar-refractivity contribution < 1.29 is 9.47 Å². The van der Waals surface area contributed by atoms with Crippen LogP contribution in [0.2, 0.25) is 0 Å². The Balaban J connectivity index is 1.41. The molecule has 1 aromatic carbocycles. The maximum absolute atomic E-state index is 6.22. The van der Waals surface area contributed by atoms with E-state index >= 15 is 0 Å². The summed E-state index contributed by atoms with van der Waals surface area (Å²) in [6.45, 7) is 4.80. The van der Waals surface area contributed by atoms with Gasteiger partial charge in [0.1, 0.15) is 0 Å². The second-order valence-electron chi connectivity index (χ2n) is 8.64.